The maximum Gasteiger partial charge on any atom is 0.341 e. The van der Waals surface area contributed by atoms with Crippen LogP contribution in [0.25, 0.3) is 0 Å². The summed E-state index contributed by atoms with van der Waals surface area (Å²) in [5.74, 6) is 0. The fraction of sp³-hybridized carbons (Fsp3) is 1.00. The standard InChI is InChI=1S/C27H55Cl9Si4/c1-2-3-4-5-6-7-8-9-10-11-12-13-14-15-16-17-21-37(22-18-25-38(28,29)30,23-19-26-39(31,32)33)24-20-27-40(34,35)36/h2-27H2,1H3. The SMILES string of the molecule is CCCCCCCCCCCCCCCCCC[Si](CCC[Si](Cl)(Cl)Cl)(CCC[Si](Cl)(Cl)Cl)CCC[Si](Cl)(Cl)Cl. The second-order valence-electron chi connectivity index (χ2n) is 12.0. The highest BCUT2D eigenvalue weighted by atomic mass is 35.9. The van der Waals surface area contributed by atoms with Crippen LogP contribution in [0.4, 0.5) is 0 Å². The summed E-state index contributed by atoms with van der Waals surface area (Å²) in [5.41, 5.74) is 0. The van der Waals surface area contributed by atoms with Crippen molar-refractivity contribution in [3.05, 3.63) is 0 Å². The molecule has 0 bridgehead atoms. The first kappa shape index (κ1) is 43.5. The fourth-order valence-corrected chi connectivity index (χ4v) is 17.5. The highest BCUT2D eigenvalue weighted by molar-refractivity contribution is 7.65. The fourth-order valence-electron chi connectivity index (χ4n) is 5.79. The summed E-state index contributed by atoms with van der Waals surface area (Å²) in [6.07, 6.45) is 25.0. The molecule has 0 unspecified atom stereocenters. The lowest BCUT2D eigenvalue weighted by Crippen LogP contribution is -2.35. The van der Waals surface area contributed by atoms with E-state index in [2.05, 4.69) is 6.92 Å². The van der Waals surface area contributed by atoms with Crippen LogP contribution in [0.3, 0.4) is 0 Å². The lowest BCUT2D eigenvalue weighted by Gasteiger charge is -2.33. The molecule has 13 heteroatoms. The molecule has 0 heterocycles. The summed E-state index contributed by atoms with van der Waals surface area (Å²) in [4.78, 5) is 0. The molecular formula is C27H55Cl9Si4. The zero-order valence-corrected chi connectivity index (χ0v) is 35.6. The second kappa shape index (κ2) is 25.6. The van der Waals surface area contributed by atoms with Crippen molar-refractivity contribution in [1.29, 1.82) is 0 Å². The number of rotatable bonds is 29. The molecule has 0 aromatic carbocycles. The molecule has 0 aliphatic heterocycles. The first-order valence-electron chi connectivity index (χ1n) is 15.9. The molecule has 242 valence electrons. The Morgan fingerprint density at radius 3 is 0.750 bits per heavy atom. The van der Waals surface area contributed by atoms with Crippen LogP contribution in [-0.4, -0.2) is 26.1 Å². The summed E-state index contributed by atoms with van der Waals surface area (Å²) < 4.78 is 0. The third kappa shape index (κ3) is 31.5. The lowest BCUT2D eigenvalue weighted by atomic mass is 10.0. The van der Waals surface area contributed by atoms with E-state index in [0.717, 1.165) is 37.4 Å². The molecule has 0 aromatic heterocycles. The Bertz CT molecular complexity index is 532. The molecule has 0 fully saturated rings. The Kier molecular flexibility index (Phi) is 27.8. The van der Waals surface area contributed by atoms with Gasteiger partial charge in [0.2, 0.25) is 0 Å². The summed E-state index contributed by atoms with van der Waals surface area (Å²) in [6.45, 7) is 2.28. The van der Waals surface area contributed by atoms with Gasteiger partial charge < -0.3 is 0 Å². The van der Waals surface area contributed by atoms with Gasteiger partial charge in [0.25, 0.3) is 0 Å². The Labute approximate surface area is 294 Å². The molecule has 0 N–H and O–H groups in total. The number of hydrogen-bond donors (Lipinski definition) is 0. The van der Waals surface area contributed by atoms with Gasteiger partial charge in [0.05, 0.1) is 8.07 Å². The monoisotopic (exact) mass is 806 g/mol. The van der Waals surface area contributed by atoms with Crippen molar-refractivity contribution >= 4 is 126 Å². The second-order valence-corrected chi connectivity index (χ2v) is 44.8. The predicted octanol–water partition coefficient (Wildman–Crippen LogP) is 15.8. The van der Waals surface area contributed by atoms with Crippen molar-refractivity contribution in [1.82, 2.24) is 0 Å². The highest BCUT2D eigenvalue weighted by Crippen LogP contribution is 2.40. The van der Waals surface area contributed by atoms with Crippen LogP contribution >= 0.6 is 99.7 Å². The summed E-state index contributed by atoms with van der Waals surface area (Å²) >= 11 is 56.1. The summed E-state index contributed by atoms with van der Waals surface area (Å²) in [6, 6.07) is -0.979. The van der Waals surface area contributed by atoms with Gasteiger partial charge in [0.1, 0.15) is 0 Å². The van der Waals surface area contributed by atoms with Crippen LogP contribution in [0.15, 0.2) is 0 Å². The van der Waals surface area contributed by atoms with E-state index in [1.54, 1.807) is 0 Å². The molecule has 0 aromatic rings. The predicted molar refractivity (Wildman–Crippen MR) is 203 cm³/mol. The van der Waals surface area contributed by atoms with Gasteiger partial charge in [0, 0.05) is 0 Å². The van der Waals surface area contributed by atoms with Crippen molar-refractivity contribution in [3.8, 4) is 0 Å². The van der Waals surface area contributed by atoms with Gasteiger partial charge in [-0.2, -0.15) is 0 Å². The van der Waals surface area contributed by atoms with Crippen LogP contribution < -0.4 is 0 Å². The molecule has 0 aliphatic carbocycles. The van der Waals surface area contributed by atoms with Gasteiger partial charge in [-0.05, 0) is 18.1 Å². The van der Waals surface area contributed by atoms with Crippen molar-refractivity contribution in [2.24, 2.45) is 0 Å². The average Bonchev–Trinajstić information content (AvgIpc) is 2.81. The van der Waals surface area contributed by atoms with Crippen molar-refractivity contribution in [2.45, 2.75) is 171 Å². The van der Waals surface area contributed by atoms with Crippen LogP contribution in [0.2, 0.25) is 42.3 Å². The van der Waals surface area contributed by atoms with E-state index in [1.807, 2.05) is 0 Å². The van der Waals surface area contributed by atoms with Crippen LogP contribution in [0.1, 0.15) is 129 Å². The maximum absolute atomic E-state index is 6.23. The van der Waals surface area contributed by atoms with Crippen molar-refractivity contribution in [3.63, 3.8) is 0 Å². The number of hydrogen-bond acceptors (Lipinski definition) is 0. The smallest absolute Gasteiger partial charge is 0.126 e. The van der Waals surface area contributed by atoms with Gasteiger partial charge in [-0.1, -0.05) is 153 Å². The van der Waals surface area contributed by atoms with E-state index in [4.69, 9.17) is 99.7 Å². The first-order chi connectivity index (χ1) is 18.7. The van der Waals surface area contributed by atoms with Crippen molar-refractivity contribution < 1.29 is 0 Å². The van der Waals surface area contributed by atoms with Crippen molar-refractivity contribution in [2.75, 3.05) is 0 Å². The third-order valence-corrected chi connectivity index (χ3v) is 21.6. The molecule has 0 amide bonds. The van der Waals surface area contributed by atoms with E-state index in [1.165, 1.54) is 109 Å². The molecule has 40 heavy (non-hydrogen) atoms. The van der Waals surface area contributed by atoms with E-state index in [9.17, 15) is 0 Å². The molecule has 0 saturated carbocycles. The third-order valence-electron chi connectivity index (χ3n) is 8.06. The van der Waals surface area contributed by atoms with Gasteiger partial charge in [-0.25, -0.2) is 0 Å². The Morgan fingerprint density at radius 2 is 0.500 bits per heavy atom. The minimum Gasteiger partial charge on any atom is -0.126 e. The largest absolute Gasteiger partial charge is 0.341 e. The van der Waals surface area contributed by atoms with E-state index >= 15 is 0 Å². The van der Waals surface area contributed by atoms with Crippen LogP contribution in [0, 0.1) is 0 Å². The average molecular weight is 811 g/mol. The van der Waals surface area contributed by atoms with Gasteiger partial charge in [-0.15, -0.1) is 99.7 Å². The van der Waals surface area contributed by atoms with E-state index < -0.39 is 26.1 Å². The van der Waals surface area contributed by atoms with Crippen LogP contribution in [-0.2, 0) is 0 Å². The minimum absolute atomic E-state index is 0.712. The van der Waals surface area contributed by atoms with Gasteiger partial charge in [0.15, 0.2) is 0 Å². The maximum atomic E-state index is 6.23. The molecule has 0 atom stereocenters. The highest BCUT2D eigenvalue weighted by Gasteiger charge is 2.36. The zero-order chi connectivity index (χ0) is 30.4. The van der Waals surface area contributed by atoms with Gasteiger partial charge in [-0.3, -0.25) is 0 Å². The first-order valence-corrected chi connectivity index (χ1v) is 34.4. The summed E-state index contributed by atoms with van der Waals surface area (Å²) in [7, 11) is -1.66. The normalized spacial score (nSPS) is 13.3. The quantitative estimate of drug-likeness (QED) is 0.0401. The molecule has 0 radical (unpaired) electrons. The Hall–Kier alpha value is 3.48. The molecular weight excluding hydrogens is 756 g/mol. The molecule has 0 aliphatic rings. The topological polar surface area (TPSA) is 0 Å². The molecule has 0 rings (SSSR count). The zero-order valence-electron chi connectivity index (χ0n) is 24.8. The lowest BCUT2D eigenvalue weighted by molar-refractivity contribution is 0.531. The number of halogens is 9. The van der Waals surface area contributed by atoms with Gasteiger partial charge >= 0.3 is 18.0 Å². The van der Waals surface area contributed by atoms with E-state index in [-0.39, 0.29) is 0 Å². The molecule has 0 spiro atoms. The minimum atomic E-state index is -2.63. The van der Waals surface area contributed by atoms with Crippen LogP contribution in [0.5, 0.6) is 0 Å². The Morgan fingerprint density at radius 1 is 0.275 bits per heavy atom. The molecule has 0 saturated heterocycles. The number of unbranched alkanes of at least 4 members (excludes halogenated alkanes) is 15. The molecule has 0 nitrogen and oxygen atoms in total. The summed E-state index contributed by atoms with van der Waals surface area (Å²) in [5, 5.41) is 0. The van der Waals surface area contributed by atoms with E-state index in [0.29, 0.717) is 18.1 Å². The Balaban J connectivity index is 4.49.